The molecule has 1 aromatic carbocycles. The Morgan fingerprint density at radius 2 is 2.22 bits per heavy atom. The van der Waals surface area contributed by atoms with Gasteiger partial charge in [-0.3, -0.25) is 4.79 Å². The van der Waals surface area contributed by atoms with Gasteiger partial charge in [-0.1, -0.05) is 25.1 Å². The number of aryl methyl sites for hydroxylation is 2. The van der Waals surface area contributed by atoms with Gasteiger partial charge in [-0.2, -0.15) is 0 Å². The van der Waals surface area contributed by atoms with Crippen molar-refractivity contribution in [2.24, 2.45) is 0 Å². The molecule has 3 nitrogen and oxygen atoms in total. The zero-order valence-corrected chi connectivity index (χ0v) is 10.5. The minimum Gasteiger partial charge on any atom is -0.331 e. The van der Waals surface area contributed by atoms with Crippen LogP contribution in [-0.2, 0) is 19.4 Å². The van der Waals surface area contributed by atoms with Crippen molar-refractivity contribution < 1.29 is 4.79 Å². The van der Waals surface area contributed by atoms with Gasteiger partial charge >= 0.3 is 0 Å². The van der Waals surface area contributed by atoms with Crippen molar-refractivity contribution in [3.63, 3.8) is 0 Å². The van der Waals surface area contributed by atoms with Crippen LogP contribution in [0.4, 0.5) is 0 Å². The molecule has 2 aromatic rings. The SMILES string of the molecule is CCc1nccn1Cc1ccc2c(c1)CCC2=O. The van der Waals surface area contributed by atoms with Gasteiger partial charge < -0.3 is 4.57 Å². The number of carbonyl (C=O) groups is 1. The van der Waals surface area contributed by atoms with Crippen molar-refractivity contribution in [3.05, 3.63) is 53.1 Å². The van der Waals surface area contributed by atoms with Gasteiger partial charge in [0.2, 0.25) is 0 Å². The molecule has 1 aromatic heterocycles. The Kier molecular flexibility index (Phi) is 2.74. The van der Waals surface area contributed by atoms with E-state index in [9.17, 15) is 4.79 Å². The van der Waals surface area contributed by atoms with Gasteiger partial charge in [0.25, 0.3) is 0 Å². The molecule has 1 aliphatic rings. The summed E-state index contributed by atoms with van der Waals surface area (Å²) in [6, 6.07) is 6.20. The average molecular weight is 240 g/mol. The van der Waals surface area contributed by atoms with Crippen molar-refractivity contribution in [3.8, 4) is 0 Å². The van der Waals surface area contributed by atoms with Crippen LogP contribution in [0, 0.1) is 0 Å². The topological polar surface area (TPSA) is 34.9 Å². The fourth-order valence-electron chi connectivity index (χ4n) is 2.60. The molecule has 0 amide bonds. The Hall–Kier alpha value is -1.90. The Morgan fingerprint density at radius 3 is 3.06 bits per heavy atom. The summed E-state index contributed by atoms with van der Waals surface area (Å²) in [6.07, 6.45) is 6.36. The van der Waals surface area contributed by atoms with E-state index in [1.807, 2.05) is 18.5 Å². The van der Waals surface area contributed by atoms with Gasteiger partial charge in [0.1, 0.15) is 5.82 Å². The van der Waals surface area contributed by atoms with Gasteiger partial charge in [0.15, 0.2) is 5.78 Å². The van der Waals surface area contributed by atoms with E-state index in [-0.39, 0.29) is 5.78 Å². The molecule has 0 aliphatic heterocycles. The third-order valence-electron chi connectivity index (χ3n) is 3.56. The smallest absolute Gasteiger partial charge is 0.163 e. The van der Waals surface area contributed by atoms with Gasteiger partial charge in [-0.25, -0.2) is 4.98 Å². The van der Waals surface area contributed by atoms with E-state index in [1.165, 1.54) is 11.1 Å². The Balaban J connectivity index is 1.88. The summed E-state index contributed by atoms with van der Waals surface area (Å²) in [6.45, 7) is 2.95. The maximum Gasteiger partial charge on any atom is 0.163 e. The molecule has 0 saturated carbocycles. The maximum atomic E-state index is 11.6. The summed E-state index contributed by atoms with van der Waals surface area (Å²) in [5, 5.41) is 0. The summed E-state index contributed by atoms with van der Waals surface area (Å²) < 4.78 is 2.17. The van der Waals surface area contributed by atoms with E-state index < -0.39 is 0 Å². The first-order valence-electron chi connectivity index (χ1n) is 6.43. The standard InChI is InChI=1S/C15H16N2O/c1-2-15-16-7-8-17(15)10-11-3-5-13-12(9-11)4-6-14(13)18/h3,5,7-9H,2,4,6,10H2,1H3. The molecule has 0 fully saturated rings. The number of rotatable bonds is 3. The molecule has 0 saturated heterocycles. The second-order valence-electron chi connectivity index (χ2n) is 4.74. The highest BCUT2D eigenvalue weighted by atomic mass is 16.1. The van der Waals surface area contributed by atoms with E-state index >= 15 is 0 Å². The molecule has 92 valence electrons. The van der Waals surface area contributed by atoms with E-state index in [0.29, 0.717) is 6.42 Å². The monoisotopic (exact) mass is 240 g/mol. The number of imidazole rings is 1. The fourth-order valence-corrected chi connectivity index (χ4v) is 2.60. The third-order valence-corrected chi connectivity index (χ3v) is 3.56. The van der Waals surface area contributed by atoms with Crippen LogP contribution < -0.4 is 0 Å². The predicted molar refractivity (Wildman–Crippen MR) is 69.8 cm³/mol. The summed E-state index contributed by atoms with van der Waals surface area (Å²) in [5.41, 5.74) is 3.37. The molecular formula is C15H16N2O. The number of hydrogen-bond donors (Lipinski definition) is 0. The number of carbonyl (C=O) groups excluding carboxylic acids is 1. The normalized spacial score (nSPS) is 13.9. The first-order chi connectivity index (χ1) is 8.78. The van der Waals surface area contributed by atoms with Crippen molar-refractivity contribution in [1.29, 1.82) is 0 Å². The van der Waals surface area contributed by atoms with Crippen LogP contribution >= 0.6 is 0 Å². The van der Waals surface area contributed by atoms with Crippen molar-refractivity contribution in [2.45, 2.75) is 32.7 Å². The molecular weight excluding hydrogens is 224 g/mol. The highest BCUT2D eigenvalue weighted by molar-refractivity contribution is 6.00. The summed E-state index contributed by atoms with van der Waals surface area (Å²) >= 11 is 0. The first-order valence-corrected chi connectivity index (χ1v) is 6.43. The van der Waals surface area contributed by atoms with Crippen molar-refractivity contribution >= 4 is 5.78 Å². The zero-order valence-electron chi connectivity index (χ0n) is 10.5. The highest BCUT2D eigenvalue weighted by Gasteiger charge is 2.19. The quantitative estimate of drug-likeness (QED) is 0.826. The predicted octanol–water partition coefficient (Wildman–Crippen LogP) is 2.62. The van der Waals surface area contributed by atoms with Crippen LogP contribution in [0.5, 0.6) is 0 Å². The zero-order chi connectivity index (χ0) is 12.5. The molecule has 0 spiro atoms. The second-order valence-corrected chi connectivity index (χ2v) is 4.74. The van der Waals surface area contributed by atoms with Gasteiger partial charge in [0, 0.05) is 37.3 Å². The molecule has 0 N–H and O–H groups in total. The van der Waals surface area contributed by atoms with Crippen LogP contribution in [0.15, 0.2) is 30.6 Å². The molecule has 3 heteroatoms. The molecule has 0 radical (unpaired) electrons. The number of ketones is 1. The van der Waals surface area contributed by atoms with E-state index in [2.05, 4.69) is 28.6 Å². The third kappa shape index (κ3) is 1.86. The molecule has 3 rings (SSSR count). The molecule has 0 bridgehead atoms. The molecule has 18 heavy (non-hydrogen) atoms. The number of benzene rings is 1. The minimum absolute atomic E-state index is 0.286. The number of Topliss-reactive ketones (excluding diaryl/α,β-unsaturated/α-hetero) is 1. The molecule has 1 heterocycles. The van der Waals surface area contributed by atoms with Gasteiger partial charge in [-0.15, -0.1) is 0 Å². The maximum absolute atomic E-state index is 11.6. The fraction of sp³-hybridized carbons (Fsp3) is 0.333. The van der Waals surface area contributed by atoms with Gasteiger partial charge in [0.05, 0.1) is 0 Å². The summed E-state index contributed by atoms with van der Waals surface area (Å²) in [7, 11) is 0. The van der Waals surface area contributed by atoms with E-state index in [1.54, 1.807) is 0 Å². The number of nitrogens with zero attached hydrogens (tertiary/aromatic N) is 2. The average Bonchev–Trinajstić information content (AvgIpc) is 2.97. The Morgan fingerprint density at radius 1 is 1.33 bits per heavy atom. The number of aromatic nitrogens is 2. The second kappa shape index (κ2) is 4.41. The lowest BCUT2D eigenvalue weighted by Gasteiger charge is -2.08. The highest BCUT2D eigenvalue weighted by Crippen LogP contribution is 2.23. The van der Waals surface area contributed by atoms with Crippen LogP contribution in [0.3, 0.4) is 0 Å². The van der Waals surface area contributed by atoms with Crippen molar-refractivity contribution in [1.82, 2.24) is 9.55 Å². The summed E-state index contributed by atoms with van der Waals surface area (Å²) in [4.78, 5) is 15.9. The van der Waals surface area contributed by atoms with E-state index in [0.717, 1.165) is 30.8 Å². The molecule has 1 aliphatic carbocycles. The van der Waals surface area contributed by atoms with Crippen LogP contribution in [-0.4, -0.2) is 15.3 Å². The lowest BCUT2D eigenvalue weighted by Crippen LogP contribution is -2.04. The van der Waals surface area contributed by atoms with E-state index in [4.69, 9.17) is 0 Å². The Bertz CT molecular complexity index is 598. The Labute approximate surface area is 106 Å². The lowest BCUT2D eigenvalue weighted by molar-refractivity contribution is 0.0994. The number of hydrogen-bond acceptors (Lipinski definition) is 2. The van der Waals surface area contributed by atoms with Crippen LogP contribution in [0.25, 0.3) is 0 Å². The molecule has 0 atom stereocenters. The molecule has 0 unspecified atom stereocenters. The largest absolute Gasteiger partial charge is 0.331 e. The summed E-state index contributed by atoms with van der Waals surface area (Å²) in [5.74, 6) is 1.39. The first kappa shape index (κ1) is 11.2. The van der Waals surface area contributed by atoms with Crippen LogP contribution in [0.1, 0.15) is 40.7 Å². The lowest BCUT2D eigenvalue weighted by atomic mass is 10.1. The van der Waals surface area contributed by atoms with Crippen molar-refractivity contribution in [2.75, 3.05) is 0 Å². The minimum atomic E-state index is 0.286. The number of fused-ring (bicyclic) bond motifs is 1. The van der Waals surface area contributed by atoms with Gasteiger partial charge in [-0.05, 0) is 17.5 Å². The van der Waals surface area contributed by atoms with Crippen LogP contribution in [0.2, 0.25) is 0 Å².